The summed E-state index contributed by atoms with van der Waals surface area (Å²) in [5, 5.41) is 14.7. The monoisotopic (exact) mass is 397 g/mol. The van der Waals surface area contributed by atoms with Crippen molar-refractivity contribution in [1.82, 2.24) is 14.7 Å². The average molecular weight is 397 g/mol. The summed E-state index contributed by atoms with van der Waals surface area (Å²) in [6, 6.07) is 13.5. The predicted octanol–water partition coefficient (Wildman–Crippen LogP) is 3.35. The fourth-order valence-corrected chi connectivity index (χ4v) is 3.12. The highest BCUT2D eigenvalue weighted by Gasteiger charge is 2.21. The maximum absolute atomic E-state index is 13.5. The number of ether oxygens (including phenoxy) is 1. The summed E-state index contributed by atoms with van der Waals surface area (Å²) in [6.45, 7) is 1.81. The van der Waals surface area contributed by atoms with Gasteiger partial charge in [-0.3, -0.25) is 9.48 Å². The van der Waals surface area contributed by atoms with Crippen molar-refractivity contribution in [2.75, 3.05) is 20.7 Å². The maximum Gasteiger partial charge on any atom is 0.274 e. The molecule has 0 aliphatic carbocycles. The molecule has 152 valence electrons. The van der Waals surface area contributed by atoms with Crippen molar-refractivity contribution >= 4 is 5.91 Å². The maximum atomic E-state index is 13.5. The van der Waals surface area contributed by atoms with Crippen LogP contribution in [0.5, 0.6) is 5.75 Å². The van der Waals surface area contributed by atoms with Crippen molar-refractivity contribution < 1.29 is 19.0 Å². The molecular formula is C22H24FN3O3. The minimum absolute atomic E-state index is 0.118. The molecule has 0 spiro atoms. The van der Waals surface area contributed by atoms with Crippen molar-refractivity contribution in [3.63, 3.8) is 0 Å². The predicted molar refractivity (Wildman–Crippen MR) is 108 cm³/mol. The third-order valence-electron chi connectivity index (χ3n) is 4.85. The van der Waals surface area contributed by atoms with Gasteiger partial charge in [0.2, 0.25) is 0 Å². The van der Waals surface area contributed by atoms with E-state index in [9.17, 15) is 14.3 Å². The molecule has 0 fully saturated rings. The SMILES string of the molecule is COc1ccc(C(O)CN(C)C(=O)c2cc(-c3ccc(F)c(C)c3)n(C)n2)cc1. The van der Waals surface area contributed by atoms with Crippen LogP contribution in [-0.4, -0.2) is 46.4 Å². The van der Waals surface area contributed by atoms with E-state index in [0.29, 0.717) is 22.6 Å². The van der Waals surface area contributed by atoms with E-state index >= 15 is 0 Å². The van der Waals surface area contributed by atoms with Crippen LogP contribution in [-0.2, 0) is 7.05 Å². The number of aryl methyl sites for hydroxylation is 2. The Bertz CT molecular complexity index is 1010. The van der Waals surface area contributed by atoms with Gasteiger partial charge in [0.15, 0.2) is 5.69 Å². The molecule has 1 heterocycles. The molecule has 3 rings (SSSR count). The second-order valence-corrected chi connectivity index (χ2v) is 6.98. The fraction of sp³-hybridized carbons (Fsp3) is 0.273. The van der Waals surface area contributed by atoms with Crippen molar-refractivity contribution in [2.24, 2.45) is 7.05 Å². The first kappa shape index (κ1) is 20.5. The fourth-order valence-electron chi connectivity index (χ4n) is 3.12. The zero-order chi connectivity index (χ0) is 21.1. The Balaban J connectivity index is 1.74. The first-order valence-corrected chi connectivity index (χ1v) is 9.18. The number of carbonyl (C=O) groups is 1. The number of hydrogen-bond acceptors (Lipinski definition) is 4. The van der Waals surface area contributed by atoms with Gasteiger partial charge in [0.25, 0.3) is 5.91 Å². The summed E-state index contributed by atoms with van der Waals surface area (Å²) in [4.78, 5) is 14.2. The van der Waals surface area contributed by atoms with Crippen LogP contribution in [0.2, 0.25) is 0 Å². The van der Waals surface area contributed by atoms with E-state index < -0.39 is 6.10 Å². The average Bonchev–Trinajstić information content (AvgIpc) is 3.11. The lowest BCUT2D eigenvalue weighted by atomic mass is 10.1. The summed E-state index contributed by atoms with van der Waals surface area (Å²) < 4.78 is 20.2. The van der Waals surface area contributed by atoms with Gasteiger partial charge in [0.05, 0.1) is 25.5 Å². The summed E-state index contributed by atoms with van der Waals surface area (Å²) in [7, 11) is 4.93. The van der Waals surface area contributed by atoms with Crippen LogP contribution in [0.15, 0.2) is 48.5 Å². The van der Waals surface area contributed by atoms with Gasteiger partial charge in [-0.05, 0) is 54.4 Å². The van der Waals surface area contributed by atoms with Gasteiger partial charge in [0, 0.05) is 19.7 Å². The number of likely N-dealkylation sites (N-methyl/N-ethyl adjacent to an activating group) is 1. The van der Waals surface area contributed by atoms with Crippen LogP contribution in [0.25, 0.3) is 11.3 Å². The van der Waals surface area contributed by atoms with E-state index in [0.717, 1.165) is 5.56 Å². The molecule has 1 N–H and O–H groups in total. The van der Waals surface area contributed by atoms with Crippen LogP contribution in [0.3, 0.4) is 0 Å². The Labute approximate surface area is 169 Å². The quantitative estimate of drug-likeness (QED) is 0.693. The number of methoxy groups -OCH3 is 1. The Kier molecular flexibility index (Phi) is 5.98. The molecule has 29 heavy (non-hydrogen) atoms. The summed E-state index contributed by atoms with van der Waals surface area (Å²) in [5.74, 6) is 0.111. The highest BCUT2D eigenvalue weighted by molar-refractivity contribution is 5.93. The molecule has 6 nitrogen and oxygen atoms in total. The van der Waals surface area contributed by atoms with E-state index in [1.807, 2.05) is 0 Å². The van der Waals surface area contributed by atoms with Gasteiger partial charge in [-0.1, -0.05) is 12.1 Å². The second-order valence-electron chi connectivity index (χ2n) is 6.98. The smallest absolute Gasteiger partial charge is 0.274 e. The van der Waals surface area contributed by atoms with Gasteiger partial charge in [0.1, 0.15) is 11.6 Å². The number of benzene rings is 2. The summed E-state index contributed by atoms with van der Waals surface area (Å²) >= 11 is 0. The molecule has 1 aromatic heterocycles. The second kappa shape index (κ2) is 8.45. The van der Waals surface area contributed by atoms with Gasteiger partial charge in [-0.15, -0.1) is 0 Å². The minimum Gasteiger partial charge on any atom is -0.497 e. The van der Waals surface area contributed by atoms with Crippen molar-refractivity contribution in [2.45, 2.75) is 13.0 Å². The first-order chi connectivity index (χ1) is 13.8. The third-order valence-corrected chi connectivity index (χ3v) is 4.85. The number of carbonyl (C=O) groups excluding carboxylic acids is 1. The Hall–Kier alpha value is -3.19. The molecule has 1 atom stereocenters. The molecule has 1 unspecified atom stereocenters. The van der Waals surface area contributed by atoms with E-state index in [-0.39, 0.29) is 24.0 Å². The number of nitrogens with zero attached hydrogens (tertiary/aromatic N) is 3. The zero-order valence-electron chi connectivity index (χ0n) is 16.9. The van der Waals surface area contributed by atoms with Gasteiger partial charge < -0.3 is 14.7 Å². The summed E-state index contributed by atoms with van der Waals surface area (Å²) in [6.07, 6.45) is -0.835. The van der Waals surface area contributed by atoms with Gasteiger partial charge >= 0.3 is 0 Å². The number of halogens is 1. The largest absolute Gasteiger partial charge is 0.497 e. The molecule has 0 radical (unpaired) electrons. The van der Waals surface area contributed by atoms with Crippen molar-refractivity contribution in [3.05, 3.63) is 71.2 Å². The number of aromatic nitrogens is 2. The lowest BCUT2D eigenvalue weighted by Crippen LogP contribution is -2.31. The number of hydrogen-bond donors (Lipinski definition) is 1. The van der Waals surface area contributed by atoms with E-state index in [4.69, 9.17) is 4.74 Å². The molecule has 3 aromatic rings. The normalized spacial score (nSPS) is 11.9. The van der Waals surface area contributed by atoms with E-state index in [2.05, 4.69) is 5.10 Å². The molecule has 2 aromatic carbocycles. The van der Waals surface area contributed by atoms with Crippen molar-refractivity contribution in [3.8, 4) is 17.0 Å². The van der Waals surface area contributed by atoms with Gasteiger partial charge in [-0.2, -0.15) is 5.10 Å². The van der Waals surface area contributed by atoms with Crippen LogP contribution in [0.1, 0.15) is 27.7 Å². The standard InChI is InChI=1S/C22H24FN3O3/c1-14-11-16(7-10-18(14)23)20-12-19(24-26(20)3)22(28)25(2)13-21(27)15-5-8-17(29-4)9-6-15/h5-12,21,27H,13H2,1-4H3. The molecule has 0 aliphatic rings. The molecule has 0 bridgehead atoms. The Morgan fingerprint density at radius 2 is 1.93 bits per heavy atom. The molecule has 0 saturated carbocycles. The Morgan fingerprint density at radius 1 is 1.24 bits per heavy atom. The van der Waals surface area contributed by atoms with Gasteiger partial charge in [-0.25, -0.2) is 4.39 Å². The number of rotatable bonds is 6. The van der Waals surface area contributed by atoms with E-state index in [1.54, 1.807) is 75.3 Å². The topological polar surface area (TPSA) is 67.6 Å². The van der Waals surface area contributed by atoms with Crippen LogP contribution < -0.4 is 4.74 Å². The molecule has 0 aliphatic heterocycles. The highest BCUT2D eigenvalue weighted by atomic mass is 19.1. The molecule has 7 heteroatoms. The minimum atomic E-state index is -0.835. The van der Waals surface area contributed by atoms with Crippen LogP contribution in [0.4, 0.5) is 4.39 Å². The first-order valence-electron chi connectivity index (χ1n) is 9.18. The number of amides is 1. The number of aliphatic hydroxyl groups is 1. The van der Waals surface area contributed by atoms with Crippen molar-refractivity contribution in [1.29, 1.82) is 0 Å². The van der Waals surface area contributed by atoms with Crippen LogP contribution >= 0.6 is 0 Å². The van der Waals surface area contributed by atoms with E-state index in [1.165, 1.54) is 11.0 Å². The van der Waals surface area contributed by atoms with Crippen LogP contribution in [0, 0.1) is 12.7 Å². The highest BCUT2D eigenvalue weighted by Crippen LogP contribution is 2.23. The third kappa shape index (κ3) is 4.46. The lowest BCUT2D eigenvalue weighted by molar-refractivity contribution is 0.0674. The molecule has 0 saturated heterocycles. The zero-order valence-corrected chi connectivity index (χ0v) is 16.9. The Morgan fingerprint density at radius 3 is 2.55 bits per heavy atom. The molecular weight excluding hydrogens is 373 g/mol. The summed E-state index contributed by atoms with van der Waals surface area (Å²) in [5.41, 5.74) is 2.96. The number of aliphatic hydroxyl groups excluding tert-OH is 1. The molecule has 1 amide bonds. The lowest BCUT2D eigenvalue weighted by Gasteiger charge is -2.20.